The Kier molecular flexibility index (Phi) is 3.85. The van der Waals surface area contributed by atoms with Crippen molar-refractivity contribution in [3.8, 4) is 0 Å². The van der Waals surface area contributed by atoms with Crippen LogP contribution in [0, 0.1) is 0 Å². The van der Waals surface area contributed by atoms with Gasteiger partial charge < -0.3 is 15.3 Å². The molecule has 0 aliphatic rings. The Morgan fingerprint density at radius 1 is 1.50 bits per heavy atom. The molecular formula is C4H5F3NO5S-. The molecule has 0 heterocycles. The number of hydrogen-bond acceptors (Lipinski definition) is 5. The molecule has 84 valence electrons. The highest BCUT2D eigenvalue weighted by Crippen LogP contribution is 2.24. The van der Waals surface area contributed by atoms with Crippen molar-refractivity contribution >= 4 is 15.9 Å². The van der Waals surface area contributed by atoms with Crippen LogP contribution in [0.3, 0.4) is 0 Å². The maximum atomic E-state index is 11.6. The van der Waals surface area contributed by atoms with Gasteiger partial charge in [0, 0.05) is 5.90 Å². The maximum absolute atomic E-state index is 11.6. The maximum Gasteiger partial charge on any atom is 0.518 e. The van der Waals surface area contributed by atoms with Crippen LogP contribution in [0.15, 0.2) is 4.40 Å². The van der Waals surface area contributed by atoms with Gasteiger partial charge in [0.25, 0.3) is 0 Å². The Morgan fingerprint density at radius 2 is 1.93 bits per heavy atom. The van der Waals surface area contributed by atoms with Crippen LogP contribution >= 0.6 is 0 Å². The second kappa shape index (κ2) is 4.11. The van der Waals surface area contributed by atoms with E-state index in [-0.39, 0.29) is 0 Å². The molecule has 0 aromatic heterocycles. The Bertz CT molecular complexity index is 320. The van der Waals surface area contributed by atoms with E-state index in [1.54, 1.807) is 4.40 Å². The molecule has 14 heavy (non-hydrogen) atoms. The molecule has 10 heteroatoms. The van der Waals surface area contributed by atoms with Gasteiger partial charge in [-0.15, -0.1) is 0 Å². The zero-order valence-electron chi connectivity index (χ0n) is 6.39. The van der Waals surface area contributed by atoms with Crippen LogP contribution in [0.1, 0.15) is 0 Å². The molecule has 0 aromatic rings. The first-order chi connectivity index (χ1) is 6.12. The van der Waals surface area contributed by atoms with E-state index in [2.05, 4.69) is 0 Å². The van der Waals surface area contributed by atoms with Crippen LogP contribution in [0.25, 0.3) is 0 Å². The van der Waals surface area contributed by atoms with Gasteiger partial charge in [0.05, 0.1) is 6.61 Å². The Balaban J connectivity index is 5.01. The van der Waals surface area contributed by atoms with Crippen LogP contribution in [0.4, 0.5) is 13.2 Å². The van der Waals surface area contributed by atoms with Gasteiger partial charge in [0.2, 0.25) is 0 Å². The SMILES string of the molecule is O=S(=O)(/N=C(\[O-])C(O)CO)C(F)(F)F. The predicted octanol–water partition coefficient (Wildman–Crippen LogP) is -2.05. The number of aliphatic hydroxyl groups excluding tert-OH is 2. The van der Waals surface area contributed by atoms with Crippen molar-refractivity contribution in [3.05, 3.63) is 0 Å². The molecule has 0 bridgehead atoms. The Morgan fingerprint density at radius 3 is 2.21 bits per heavy atom. The summed E-state index contributed by atoms with van der Waals surface area (Å²) in [5, 5.41) is 26.9. The van der Waals surface area contributed by atoms with Gasteiger partial charge in [0.1, 0.15) is 6.10 Å². The van der Waals surface area contributed by atoms with Gasteiger partial charge in [-0.1, -0.05) is 0 Å². The topological polar surface area (TPSA) is 110 Å². The molecule has 0 fully saturated rings. The largest absolute Gasteiger partial charge is 0.859 e. The molecule has 0 amide bonds. The first kappa shape index (κ1) is 13.1. The fourth-order valence-electron chi connectivity index (χ4n) is 0.309. The van der Waals surface area contributed by atoms with E-state index in [1.165, 1.54) is 0 Å². The molecule has 0 rings (SSSR count). The first-order valence-corrected chi connectivity index (χ1v) is 4.43. The predicted molar refractivity (Wildman–Crippen MR) is 35.5 cm³/mol. The highest BCUT2D eigenvalue weighted by molar-refractivity contribution is 7.91. The van der Waals surface area contributed by atoms with Crippen molar-refractivity contribution in [1.29, 1.82) is 0 Å². The molecule has 1 atom stereocenters. The number of aliphatic hydroxyl groups is 2. The van der Waals surface area contributed by atoms with Crippen LogP contribution in [0.5, 0.6) is 0 Å². The molecule has 0 aliphatic heterocycles. The van der Waals surface area contributed by atoms with Gasteiger partial charge in [-0.05, 0) is 0 Å². The van der Waals surface area contributed by atoms with E-state index < -0.39 is 34.1 Å². The molecule has 0 aromatic carbocycles. The number of sulfonamides is 1. The molecule has 6 nitrogen and oxygen atoms in total. The molecule has 0 saturated carbocycles. The van der Waals surface area contributed by atoms with Crippen LogP contribution in [-0.2, 0) is 10.0 Å². The number of rotatable bonds is 3. The Labute approximate surface area is 76.4 Å². The highest BCUT2D eigenvalue weighted by atomic mass is 32.2. The van der Waals surface area contributed by atoms with Crippen LogP contribution in [-0.4, -0.2) is 42.7 Å². The third-order valence-electron chi connectivity index (χ3n) is 0.961. The minimum absolute atomic E-state index is 1.21. The summed E-state index contributed by atoms with van der Waals surface area (Å²) in [4.78, 5) is 0. The van der Waals surface area contributed by atoms with Gasteiger partial charge >= 0.3 is 15.5 Å². The second-order valence-electron chi connectivity index (χ2n) is 2.05. The lowest BCUT2D eigenvalue weighted by atomic mass is 10.4. The van der Waals surface area contributed by atoms with E-state index in [0.29, 0.717) is 0 Å². The van der Waals surface area contributed by atoms with Crippen molar-refractivity contribution in [1.82, 2.24) is 0 Å². The minimum Gasteiger partial charge on any atom is -0.859 e. The van der Waals surface area contributed by atoms with E-state index in [0.717, 1.165) is 0 Å². The molecule has 0 spiro atoms. The van der Waals surface area contributed by atoms with Crippen molar-refractivity contribution in [2.75, 3.05) is 6.61 Å². The summed E-state index contributed by atoms with van der Waals surface area (Å²) in [6.07, 6.45) is -2.27. The van der Waals surface area contributed by atoms with Crippen molar-refractivity contribution in [2.45, 2.75) is 11.6 Å². The van der Waals surface area contributed by atoms with E-state index in [9.17, 15) is 26.7 Å². The van der Waals surface area contributed by atoms with Crippen molar-refractivity contribution in [2.24, 2.45) is 4.40 Å². The first-order valence-electron chi connectivity index (χ1n) is 2.99. The van der Waals surface area contributed by atoms with Crippen molar-refractivity contribution in [3.63, 3.8) is 0 Å². The summed E-state index contributed by atoms with van der Waals surface area (Å²) in [5.41, 5.74) is -5.70. The fourth-order valence-corrected chi connectivity index (χ4v) is 0.771. The second-order valence-corrected chi connectivity index (χ2v) is 3.64. The lowest BCUT2D eigenvalue weighted by molar-refractivity contribution is -0.228. The summed E-state index contributed by atoms with van der Waals surface area (Å²) in [5.74, 6) is -1.97. The summed E-state index contributed by atoms with van der Waals surface area (Å²) >= 11 is 0. The van der Waals surface area contributed by atoms with Gasteiger partial charge in [-0.3, -0.25) is 0 Å². The average molecular weight is 236 g/mol. The standard InChI is InChI=1S/C4H6F3NO5S/c5-4(6,7)14(12,13)8-3(11)2(10)1-9/h2,9-10H,1H2,(H,8,11)/p-1. The summed E-state index contributed by atoms with van der Waals surface area (Å²) < 4.78 is 56.9. The zero-order valence-corrected chi connectivity index (χ0v) is 7.21. The lowest BCUT2D eigenvalue weighted by Crippen LogP contribution is -2.37. The average Bonchev–Trinajstić information content (AvgIpc) is 2.00. The molecular weight excluding hydrogens is 231 g/mol. The fraction of sp³-hybridized carbons (Fsp3) is 0.750. The van der Waals surface area contributed by atoms with Crippen LogP contribution in [0.2, 0.25) is 0 Å². The molecule has 0 radical (unpaired) electrons. The summed E-state index contributed by atoms with van der Waals surface area (Å²) in [7, 11) is -5.95. The minimum atomic E-state index is -5.95. The highest BCUT2D eigenvalue weighted by Gasteiger charge is 2.45. The third kappa shape index (κ3) is 3.12. The van der Waals surface area contributed by atoms with Crippen molar-refractivity contribution < 1.29 is 36.9 Å². The zero-order chi connectivity index (χ0) is 11.6. The quantitative estimate of drug-likeness (QED) is 0.433. The van der Waals surface area contributed by atoms with Gasteiger partial charge in [-0.25, -0.2) is 0 Å². The Hall–Kier alpha value is -0.870. The van der Waals surface area contributed by atoms with Gasteiger partial charge in [-0.2, -0.15) is 26.0 Å². The van der Waals surface area contributed by atoms with E-state index >= 15 is 0 Å². The smallest absolute Gasteiger partial charge is 0.518 e. The summed E-state index contributed by atoms with van der Waals surface area (Å²) in [6, 6.07) is 0. The monoisotopic (exact) mass is 236 g/mol. The number of nitrogens with zero attached hydrogens (tertiary/aromatic N) is 1. The molecule has 0 aliphatic carbocycles. The number of hydrogen-bond donors (Lipinski definition) is 2. The van der Waals surface area contributed by atoms with E-state index in [1.807, 2.05) is 0 Å². The normalized spacial score (nSPS) is 16.8. The molecule has 2 N–H and O–H groups in total. The number of halogens is 3. The third-order valence-corrected chi connectivity index (χ3v) is 1.97. The van der Waals surface area contributed by atoms with Gasteiger partial charge in [0.15, 0.2) is 0 Å². The van der Waals surface area contributed by atoms with Crippen LogP contribution < -0.4 is 5.11 Å². The van der Waals surface area contributed by atoms with E-state index in [4.69, 9.17) is 10.2 Å². The lowest BCUT2D eigenvalue weighted by Gasteiger charge is -2.15. The molecule has 1 unspecified atom stereocenters. The summed E-state index contributed by atoms with van der Waals surface area (Å²) in [6.45, 7) is -1.21. The number of alkyl halides is 3. The molecule has 0 saturated heterocycles.